The van der Waals surface area contributed by atoms with Crippen molar-refractivity contribution in [3.05, 3.63) is 41.8 Å². The van der Waals surface area contributed by atoms with Crippen LogP contribution in [0.25, 0.3) is 0 Å². The lowest BCUT2D eigenvalue weighted by molar-refractivity contribution is 0.0989. The van der Waals surface area contributed by atoms with Crippen LogP contribution in [0, 0.1) is 0 Å². The number of hydrogen-bond donors (Lipinski definition) is 1. The normalized spacial score (nSPS) is 19.1. The van der Waals surface area contributed by atoms with Crippen LogP contribution in [-0.4, -0.2) is 34.2 Å². The second kappa shape index (κ2) is 6.28. The van der Waals surface area contributed by atoms with Crippen molar-refractivity contribution in [1.82, 2.24) is 0 Å². The lowest BCUT2D eigenvalue weighted by Gasteiger charge is -2.35. The number of morpholine rings is 1. The van der Waals surface area contributed by atoms with Gasteiger partial charge in [-0.05, 0) is 42.6 Å². The van der Waals surface area contributed by atoms with Crippen molar-refractivity contribution in [2.24, 2.45) is 0 Å². The van der Waals surface area contributed by atoms with E-state index in [2.05, 4.69) is 16.5 Å². The van der Waals surface area contributed by atoms with E-state index in [1.54, 1.807) is 29.6 Å². The summed E-state index contributed by atoms with van der Waals surface area (Å²) in [5.74, 6) is 0. The van der Waals surface area contributed by atoms with Gasteiger partial charge in [0.25, 0.3) is 10.0 Å². The molecule has 1 N–H and O–H groups in total. The lowest BCUT2D eigenvalue weighted by Crippen LogP contribution is -2.43. The molecule has 0 aliphatic carbocycles. The minimum atomic E-state index is -3.48. The van der Waals surface area contributed by atoms with Gasteiger partial charge in [-0.25, -0.2) is 8.42 Å². The van der Waals surface area contributed by atoms with Crippen LogP contribution in [0.1, 0.15) is 6.92 Å². The summed E-state index contributed by atoms with van der Waals surface area (Å²) in [7, 11) is -3.48. The molecule has 2 heterocycles. The second-order valence-electron chi connectivity index (χ2n) is 5.20. The Morgan fingerprint density at radius 1 is 1.27 bits per heavy atom. The number of anilines is 2. The van der Waals surface area contributed by atoms with Crippen molar-refractivity contribution in [3.8, 4) is 0 Å². The van der Waals surface area contributed by atoms with E-state index in [1.807, 2.05) is 12.1 Å². The molecule has 3 rings (SSSR count). The Labute approximate surface area is 134 Å². The molecular weight excluding hydrogens is 320 g/mol. The SMILES string of the molecule is CC1COCCN1c1ccc(NS(=O)(=O)c2cccs2)cc1. The quantitative estimate of drug-likeness (QED) is 0.931. The van der Waals surface area contributed by atoms with Crippen LogP contribution in [0.5, 0.6) is 0 Å². The Morgan fingerprint density at radius 3 is 2.68 bits per heavy atom. The molecule has 0 spiro atoms. The highest BCUT2D eigenvalue weighted by molar-refractivity contribution is 7.94. The van der Waals surface area contributed by atoms with E-state index in [0.717, 1.165) is 18.8 Å². The molecule has 1 aromatic heterocycles. The maximum atomic E-state index is 12.2. The van der Waals surface area contributed by atoms with Crippen LogP contribution in [0.15, 0.2) is 46.0 Å². The number of nitrogens with zero attached hydrogens (tertiary/aromatic N) is 1. The van der Waals surface area contributed by atoms with E-state index in [1.165, 1.54) is 11.3 Å². The van der Waals surface area contributed by atoms with Crippen LogP contribution >= 0.6 is 11.3 Å². The molecule has 0 bridgehead atoms. The molecule has 2 aromatic rings. The Balaban J connectivity index is 1.74. The third-order valence-corrected chi connectivity index (χ3v) is 6.36. The maximum Gasteiger partial charge on any atom is 0.271 e. The number of sulfonamides is 1. The van der Waals surface area contributed by atoms with Gasteiger partial charge in [0.15, 0.2) is 0 Å². The first kappa shape index (κ1) is 15.3. The first-order valence-corrected chi connectivity index (χ1v) is 9.43. The topological polar surface area (TPSA) is 58.6 Å². The van der Waals surface area contributed by atoms with Gasteiger partial charge in [0.2, 0.25) is 0 Å². The van der Waals surface area contributed by atoms with Crippen molar-refractivity contribution < 1.29 is 13.2 Å². The highest BCUT2D eigenvalue weighted by Crippen LogP contribution is 2.24. The first-order valence-electron chi connectivity index (χ1n) is 7.07. The average Bonchev–Trinajstić information content (AvgIpc) is 3.04. The Morgan fingerprint density at radius 2 is 2.05 bits per heavy atom. The molecule has 7 heteroatoms. The number of rotatable bonds is 4. The van der Waals surface area contributed by atoms with Gasteiger partial charge in [0, 0.05) is 24.0 Å². The van der Waals surface area contributed by atoms with E-state index >= 15 is 0 Å². The second-order valence-corrected chi connectivity index (χ2v) is 8.06. The fraction of sp³-hybridized carbons (Fsp3) is 0.333. The summed E-state index contributed by atoms with van der Waals surface area (Å²) in [6, 6.07) is 11.1. The lowest BCUT2D eigenvalue weighted by atomic mass is 10.2. The molecule has 5 nitrogen and oxygen atoms in total. The third-order valence-electron chi connectivity index (χ3n) is 3.58. The summed E-state index contributed by atoms with van der Waals surface area (Å²) in [6.45, 7) is 4.40. The third kappa shape index (κ3) is 3.26. The van der Waals surface area contributed by atoms with Gasteiger partial charge < -0.3 is 9.64 Å². The molecule has 1 aliphatic rings. The first-order chi connectivity index (χ1) is 10.6. The van der Waals surface area contributed by atoms with Gasteiger partial charge in [-0.3, -0.25) is 4.72 Å². The number of nitrogens with one attached hydrogen (secondary N) is 1. The van der Waals surface area contributed by atoms with E-state index in [0.29, 0.717) is 22.5 Å². The molecule has 118 valence electrons. The van der Waals surface area contributed by atoms with Crippen LogP contribution in [-0.2, 0) is 14.8 Å². The zero-order valence-corrected chi connectivity index (χ0v) is 13.9. The standard InChI is InChI=1S/C15H18N2O3S2/c1-12-11-20-9-8-17(12)14-6-4-13(5-7-14)16-22(18,19)15-3-2-10-21-15/h2-7,10,12,16H,8-9,11H2,1H3. The van der Waals surface area contributed by atoms with Crippen molar-refractivity contribution in [3.63, 3.8) is 0 Å². The summed E-state index contributed by atoms with van der Waals surface area (Å²) in [6.07, 6.45) is 0. The molecule has 0 amide bonds. The van der Waals surface area contributed by atoms with E-state index < -0.39 is 10.0 Å². The maximum absolute atomic E-state index is 12.2. The van der Waals surface area contributed by atoms with Crippen LogP contribution in [0.2, 0.25) is 0 Å². The smallest absolute Gasteiger partial charge is 0.271 e. The van der Waals surface area contributed by atoms with Crippen molar-refractivity contribution >= 4 is 32.7 Å². The van der Waals surface area contributed by atoms with Gasteiger partial charge in [-0.1, -0.05) is 6.07 Å². The summed E-state index contributed by atoms with van der Waals surface area (Å²) >= 11 is 1.20. The average molecular weight is 338 g/mol. The zero-order chi connectivity index (χ0) is 15.6. The minimum Gasteiger partial charge on any atom is -0.377 e. The van der Waals surface area contributed by atoms with E-state index in [-0.39, 0.29) is 0 Å². The van der Waals surface area contributed by atoms with Gasteiger partial charge >= 0.3 is 0 Å². The van der Waals surface area contributed by atoms with Gasteiger partial charge in [0.1, 0.15) is 4.21 Å². The molecule has 1 saturated heterocycles. The predicted molar refractivity (Wildman–Crippen MR) is 89.2 cm³/mol. The number of thiophene rings is 1. The Bertz CT molecular complexity index is 712. The highest BCUT2D eigenvalue weighted by Gasteiger charge is 2.19. The Hall–Kier alpha value is -1.57. The van der Waals surface area contributed by atoms with Crippen LogP contribution in [0.4, 0.5) is 11.4 Å². The van der Waals surface area contributed by atoms with Crippen molar-refractivity contribution in [1.29, 1.82) is 0 Å². The van der Waals surface area contributed by atoms with Gasteiger partial charge in [0.05, 0.1) is 13.2 Å². The molecule has 1 fully saturated rings. The van der Waals surface area contributed by atoms with E-state index in [9.17, 15) is 8.42 Å². The van der Waals surface area contributed by atoms with E-state index in [4.69, 9.17) is 4.74 Å². The molecule has 0 radical (unpaired) electrons. The predicted octanol–water partition coefficient (Wildman–Crippen LogP) is 2.77. The van der Waals surface area contributed by atoms with Crippen molar-refractivity contribution in [2.45, 2.75) is 17.2 Å². The fourth-order valence-electron chi connectivity index (χ4n) is 2.45. The molecule has 1 unspecified atom stereocenters. The Kier molecular flexibility index (Phi) is 4.37. The van der Waals surface area contributed by atoms with Crippen molar-refractivity contribution in [2.75, 3.05) is 29.4 Å². The molecule has 1 aromatic carbocycles. The zero-order valence-electron chi connectivity index (χ0n) is 12.2. The summed E-state index contributed by atoms with van der Waals surface area (Å²) < 4.78 is 32.7. The highest BCUT2D eigenvalue weighted by atomic mass is 32.2. The number of ether oxygens (including phenoxy) is 1. The molecule has 1 aliphatic heterocycles. The summed E-state index contributed by atoms with van der Waals surface area (Å²) in [4.78, 5) is 2.26. The van der Waals surface area contributed by atoms with Gasteiger partial charge in [-0.2, -0.15) is 0 Å². The molecule has 0 saturated carbocycles. The summed E-state index contributed by atoms with van der Waals surface area (Å²) in [5.41, 5.74) is 1.65. The molecule has 22 heavy (non-hydrogen) atoms. The minimum absolute atomic E-state index is 0.318. The number of hydrogen-bond acceptors (Lipinski definition) is 5. The molecule has 1 atom stereocenters. The van der Waals surface area contributed by atoms with Gasteiger partial charge in [-0.15, -0.1) is 11.3 Å². The fourth-order valence-corrected chi connectivity index (χ4v) is 4.50. The largest absolute Gasteiger partial charge is 0.377 e. The summed E-state index contributed by atoms with van der Waals surface area (Å²) in [5, 5.41) is 1.75. The van der Waals surface area contributed by atoms with Crippen LogP contribution < -0.4 is 9.62 Å². The van der Waals surface area contributed by atoms with Crippen LogP contribution in [0.3, 0.4) is 0 Å². The monoisotopic (exact) mass is 338 g/mol. The number of benzene rings is 1. The molecular formula is C15H18N2O3S2.